The third kappa shape index (κ3) is 3.38. The van der Waals surface area contributed by atoms with Gasteiger partial charge in [0.25, 0.3) is 0 Å². The van der Waals surface area contributed by atoms with Gasteiger partial charge in [0.2, 0.25) is 5.91 Å². The first-order chi connectivity index (χ1) is 9.83. The predicted octanol–water partition coefficient (Wildman–Crippen LogP) is 1.03. The molecule has 2 fully saturated rings. The molecule has 3 rings (SSSR count). The Bertz CT molecular complexity index is 432. The molecular formula is C14H20N2O3S. The molecule has 2 atom stereocenters. The Hall–Kier alpha value is -0.950. The second kappa shape index (κ2) is 6.67. The Morgan fingerprint density at radius 3 is 3.20 bits per heavy atom. The summed E-state index contributed by atoms with van der Waals surface area (Å²) in [4.78, 5) is 14.3. The Labute approximate surface area is 122 Å². The molecule has 1 amide bonds. The van der Waals surface area contributed by atoms with Gasteiger partial charge in [0.1, 0.15) is 6.10 Å². The second-order valence-corrected chi connectivity index (χ2v) is 5.97. The third-order valence-corrected chi connectivity index (χ3v) is 4.46. The standard InChI is InChI=1S/C14H20N2O3S/c17-14(7-12-9-18-4-2-15-12)16-3-5-19-13(8-16)11-1-6-20-10-11/h1,6,10,12-13,15H,2-5,7-9H2. The smallest absolute Gasteiger partial charge is 0.224 e. The van der Waals surface area contributed by atoms with E-state index in [1.807, 2.05) is 10.3 Å². The number of amides is 1. The minimum absolute atomic E-state index is 0.0227. The van der Waals surface area contributed by atoms with Crippen LogP contribution in [0.5, 0.6) is 0 Å². The highest BCUT2D eigenvalue weighted by atomic mass is 32.1. The number of rotatable bonds is 3. The SMILES string of the molecule is O=C(CC1COCCN1)N1CCOC(c2ccsc2)C1. The highest BCUT2D eigenvalue weighted by Gasteiger charge is 2.27. The van der Waals surface area contributed by atoms with Gasteiger partial charge >= 0.3 is 0 Å². The van der Waals surface area contributed by atoms with Crippen molar-refractivity contribution in [1.82, 2.24) is 10.2 Å². The molecule has 20 heavy (non-hydrogen) atoms. The molecule has 0 radical (unpaired) electrons. The van der Waals surface area contributed by atoms with Crippen LogP contribution in [0.2, 0.25) is 0 Å². The fourth-order valence-corrected chi connectivity index (χ4v) is 3.33. The van der Waals surface area contributed by atoms with Gasteiger partial charge in [-0.1, -0.05) is 0 Å². The van der Waals surface area contributed by atoms with Gasteiger partial charge in [-0.3, -0.25) is 4.79 Å². The van der Waals surface area contributed by atoms with Crippen LogP contribution in [0.15, 0.2) is 16.8 Å². The third-order valence-electron chi connectivity index (χ3n) is 3.75. The Morgan fingerprint density at radius 1 is 1.50 bits per heavy atom. The minimum Gasteiger partial charge on any atom is -0.378 e. The summed E-state index contributed by atoms with van der Waals surface area (Å²) in [6.07, 6.45) is 0.533. The average molecular weight is 296 g/mol. The average Bonchev–Trinajstić information content (AvgIpc) is 3.03. The van der Waals surface area contributed by atoms with Gasteiger partial charge in [-0.05, 0) is 22.4 Å². The number of morpholine rings is 2. The van der Waals surface area contributed by atoms with E-state index in [4.69, 9.17) is 9.47 Å². The Morgan fingerprint density at radius 2 is 2.45 bits per heavy atom. The van der Waals surface area contributed by atoms with E-state index in [0.717, 1.165) is 13.2 Å². The molecular weight excluding hydrogens is 276 g/mol. The summed E-state index contributed by atoms with van der Waals surface area (Å²) < 4.78 is 11.2. The highest BCUT2D eigenvalue weighted by Crippen LogP contribution is 2.24. The zero-order valence-electron chi connectivity index (χ0n) is 11.4. The molecule has 0 spiro atoms. The highest BCUT2D eigenvalue weighted by molar-refractivity contribution is 7.07. The fraction of sp³-hybridized carbons (Fsp3) is 0.643. The summed E-state index contributed by atoms with van der Waals surface area (Å²) in [6, 6.07) is 2.22. The molecule has 110 valence electrons. The number of carbonyl (C=O) groups excluding carboxylic acids is 1. The number of nitrogens with one attached hydrogen (secondary N) is 1. The van der Waals surface area contributed by atoms with Gasteiger partial charge in [-0.15, -0.1) is 0 Å². The summed E-state index contributed by atoms with van der Waals surface area (Å²) in [5.74, 6) is 0.191. The first-order valence-corrected chi connectivity index (χ1v) is 8.00. The Balaban J connectivity index is 1.54. The summed E-state index contributed by atoms with van der Waals surface area (Å²) in [5, 5.41) is 7.46. The Kier molecular flexibility index (Phi) is 4.67. The normalized spacial score (nSPS) is 27.5. The van der Waals surface area contributed by atoms with E-state index in [1.165, 1.54) is 5.56 Å². The van der Waals surface area contributed by atoms with Gasteiger partial charge in [0.15, 0.2) is 0 Å². The van der Waals surface area contributed by atoms with Crippen LogP contribution < -0.4 is 5.32 Å². The van der Waals surface area contributed by atoms with Crippen molar-refractivity contribution in [3.05, 3.63) is 22.4 Å². The molecule has 0 aliphatic carbocycles. The van der Waals surface area contributed by atoms with Crippen LogP contribution in [0, 0.1) is 0 Å². The molecule has 2 unspecified atom stereocenters. The molecule has 0 bridgehead atoms. The quantitative estimate of drug-likeness (QED) is 0.905. The zero-order valence-corrected chi connectivity index (χ0v) is 12.2. The van der Waals surface area contributed by atoms with Crippen molar-refractivity contribution >= 4 is 17.2 Å². The van der Waals surface area contributed by atoms with Crippen LogP contribution in [-0.2, 0) is 14.3 Å². The summed E-state index contributed by atoms with van der Waals surface area (Å²) >= 11 is 1.66. The van der Waals surface area contributed by atoms with Crippen molar-refractivity contribution in [3.8, 4) is 0 Å². The van der Waals surface area contributed by atoms with Crippen LogP contribution in [-0.4, -0.2) is 56.3 Å². The summed E-state index contributed by atoms with van der Waals surface area (Å²) in [5.41, 5.74) is 1.17. The van der Waals surface area contributed by atoms with Crippen molar-refractivity contribution in [2.45, 2.75) is 18.6 Å². The van der Waals surface area contributed by atoms with E-state index in [0.29, 0.717) is 32.7 Å². The largest absolute Gasteiger partial charge is 0.378 e. The molecule has 1 aromatic heterocycles. The van der Waals surface area contributed by atoms with Gasteiger partial charge in [0, 0.05) is 25.6 Å². The monoisotopic (exact) mass is 296 g/mol. The summed E-state index contributed by atoms with van der Waals surface area (Å²) in [7, 11) is 0. The number of hydrogen-bond acceptors (Lipinski definition) is 5. The van der Waals surface area contributed by atoms with E-state index < -0.39 is 0 Å². The lowest BCUT2D eigenvalue weighted by molar-refractivity contribution is -0.140. The van der Waals surface area contributed by atoms with Gasteiger partial charge in [-0.2, -0.15) is 11.3 Å². The maximum absolute atomic E-state index is 12.4. The van der Waals surface area contributed by atoms with Crippen LogP contribution in [0.1, 0.15) is 18.1 Å². The molecule has 3 heterocycles. The molecule has 1 N–H and O–H groups in total. The first kappa shape index (κ1) is 14.0. The van der Waals surface area contributed by atoms with Gasteiger partial charge < -0.3 is 19.7 Å². The van der Waals surface area contributed by atoms with Crippen LogP contribution in [0.3, 0.4) is 0 Å². The van der Waals surface area contributed by atoms with Crippen molar-refractivity contribution < 1.29 is 14.3 Å². The van der Waals surface area contributed by atoms with E-state index in [2.05, 4.69) is 16.8 Å². The molecule has 5 nitrogen and oxygen atoms in total. The van der Waals surface area contributed by atoms with E-state index in [1.54, 1.807) is 11.3 Å². The molecule has 1 aromatic rings. The lowest BCUT2D eigenvalue weighted by Gasteiger charge is -2.34. The maximum atomic E-state index is 12.4. The van der Waals surface area contributed by atoms with Crippen LogP contribution >= 0.6 is 11.3 Å². The van der Waals surface area contributed by atoms with Crippen molar-refractivity contribution in [1.29, 1.82) is 0 Å². The maximum Gasteiger partial charge on any atom is 0.224 e. The van der Waals surface area contributed by atoms with E-state index in [9.17, 15) is 4.79 Å². The van der Waals surface area contributed by atoms with E-state index in [-0.39, 0.29) is 18.1 Å². The number of hydrogen-bond donors (Lipinski definition) is 1. The molecule has 0 saturated carbocycles. The first-order valence-electron chi connectivity index (χ1n) is 7.05. The zero-order chi connectivity index (χ0) is 13.8. The molecule has 0 aromatic carbocycles. The van der Waals surface area contributed by atoms with Crippen molar-refractivity contribution in [2.24, 2.45) is 0 Å². The van der Waals surface area contributed by atoms with Gasteiger partial charge in [0.05, 0.1) is 26.4 Å². The lowest BCUT2D eigenvalue weighted by atomic mass is 10.1. The second-order valence-electron chi connectivity index (χ2n) is 5.19. The molecule has 2 aliphatic heterocycles. The number of nitrogens with zero attached hydrogens (tertiary/aromatic N) is 1. The predicted molar refractivity (Wildman–Crippen MR) is 76.8 cm³/mol. The summed E-state index contributed by atoms with van der Waals surface area (Å²) in [6.45, 7) is 4.15. The van der Waals surface area contributed by atoms with Crippen LogP contribution in [0.4, 0.5) is 0 Å². The fourth-order valence-electron chi connectivity index (χ4n) is 2.63. The number of thiophene rings is 1. The van der Waals surface area contributed by atoms with Crippen molar-refractivity contribution in [3.63, 3.8) is 0 Å². The van der Waals surface area contributed by atoms with Gasteiger partial charge in [-0.25, -0.2) is 0 Å². The van der Waals surface area contributed by atoms with Crippen molar-refractivity contribution in [2.75, 3.05) is 39.5 Å². The number of ether oxygens (including phenoxy) is 2. The molecule has 2 saturated heterocycles. The molecule has 2 aliphatic rings. The topological polar surface area (TPSA) is 50.8 Å². The number of carbonyl (C=O) groups is 1. The molecule has 6 heteroatoms. The minimum atomic E-state index is 0.0227. The van der Waals surface area contributed by atoms with Crippen LogP contribution in [0.25, 0.3) is 0 Å². The van der Waals surface area contributed by atoms with E-state index >= 15 is 0 Å². The lowest BCUT2D eigenvalue weighted by Crippen LogP contribution is -2.48.